The van der Waals surface area contributed by atoms with E-state index in [2.05, 4.69) is 16.3 Å². The summed E-state index contributed by atoms with van der Waals surface area (Å²) in [5, 5.41) is 14.1. The topological polar surface area (TPSA) is 65.4 Å². The Morgan fingerprint density at radius 2 is 2.58 bits per heavy atom. The molecule has 0 bridgehead atoms. The SMILES string of the molecule is C[C@H]1CN(CCC(=O)Nc2sccc2C#N)CCO1. The van der Waals surface area contributed by atoms with Crippen LogP contribution in [0.25, 0.3) is 0 Å². The van der Waals surface area contributed by atoms with Crippen LogP contribution in [0.4, 0.5) is 5.00 Å². The number of nitriles is 1. The van der Waals surface area contributed by atoms with Crippen molar-refractivity contribution < 1.29 is 9.53 Å². The van der Waals surface area contributed by atoms with Crippen molar-refractivity contribution in [1.29, 1.82) is 5.26 Å². The summed E-state index contributed by atoms with van der Waals surface area (Å²) in [6.07, 6.45) is 0.675. The number of carbonyl (C=O) groups is 1. The van der Waals surface area contributed by atoms with E-state index >= 15 is 0 Å². The highest BCUT2D eigenvalue weighted by Crippen LogP contribution is 2.22. The first-order chi connectivity index (χ1) is 9.19. The van der Waals surface area contributed by atoms with E-state index < -0.39 is 0 Å². The van der Waals surface area contributed by atoms with Crippen LogP contribution in [0, 0.1) is 11.3 Å². The van der Waals surface area contributed by atoms with E-state index in [0.717, 1.165) is 26.2 Å². The average molecular weight is 279 g/mol. The van der Waals surface area contributed by atoms with Gasteiger partial charge in [-0.25, -0.2) is 0 Å². The first-order valence-corrected chi connectivity index (χ1v) is 7.18. The van der Waals surface area contributed by atoms with E-state index in [-0.39, 0.29) is 12.0 Å². The Bertz CT molecular complexity index is 480. The van der Waals surface area contributed by atoms with Crippen LogP contribution >= 0.6 is 11.3 Å². The van der Waals surface area contributed by atoms with Crippen LogP contribution in [0.5, 0.6) is 0 Å². The van der Waals surface area contributed by atoms with Gasteiger partial charge in [0.15, 0.2) is 0 Å². The Morgan fingerprint density at radius 3 is 3.32 bits per heavy atom. The summed E-state index contributed by atoms with van der Waals surface area (Å²) in [6, 6.07) is 3.77. The summed E-state index contributed by atoms with van der Waals surface area (Å²) in [7, 11) is 0. The minimum Gasteiger partial charge on any atom is -0.376 e. The van der Waals surface area contributed by atoms with Crippen molar-refractivity contribution in [3.8, 4) is 6.07 Å². The van der Waals surface area contributed by atoms with Crippen LogP contribution in [0.1, 0.15) is 18.9 Å². The quantitative estimate of drug-likeness (QED) is 0.910. The van der Waals surface area contributed by atoms with E-state index in [9.17, 15) is 4.79 Å². The molecule has 0 aliphatic carbocycles. The van der Waals surface area contributed by atoms with Gasteiger partial charge in [-0.3, -0.25) is 9.69 Å². The molecule has 2 rings (SSSR count). The largest absolute Gasteiger partial charge is 0.376 e. The third kappa shape index (κ3) is 4.03. The first-order valence-electron chi connectivity index (χ1n) is 6.30. The fraction of sp³-hybridized carbons (Fsp3) is 0.538. The molecule has 2 heterocycles. The minimum absolute atomic E-state index is 0.0434. The van der Waals surface area contributed by atoms with Crippen molar-refractivity contribution in [2.24, 2.45) is 0 Å². The number of thiophene rings is 1. The fourth-order valence-corrected chi connectivity index (χ4v) is 2.79. The van der Waals surface area contributed by atoms with Crippen molar-refractivity contribution >= 4 is 22.2 Å². The van der Waals surface area contributed by atoms with Crippen molar-refractivity contribution in [3.63, 3.8) is 0 Å². The summed E-state index contributed by atoms with van der Waals surface area (Å²) in [5.41, 5.74) is 0.526. The van der Waals surface area contributed by atoms with E-state index in [0.29, 0.717) is 17.0 Å². The molecular weight excluding hydrogens is 262 g/mol. The third-order valence-electron chi connectivity index (χ3n) is 3.02. The van der Waals surface area contributed by atoms with Gasteiger partial charge in [0.25, 0.3) is 0 Å². The van der Waals surface area contributed by atoms with Gasteiger partial charge in [0.2, 0.25) is 5.91 Å². The molecule has 0 saturated carbocycles. The molecule has 1 fully saturated rings. The number of nitrogens with one attached hydrogen (secondary N) is 1. The summed E-state index contributed by atoms with van der Waals surface area (Å²) in [4.78, 5) is 14.1. The zero-order chi connectivity index (χ0) is 13.7. The summed E-state index contributed by atoms with van der Waals surface area (Å²) < 4.78 is 5.45. The van der Waals surface area contributed by atoms with Gasteiger partial charge in [-0.1, -0.05) is 0 Å². The highest BCUT2D eigenvalue weighted by Gasteiger charge is 2.17. The zero-order valence-corrected chi connectivity index (χ0v) is 11.7. The molecule has 5 nitrogen and oxygen atoms in total. The zero-order valence-electron chi connectivity index (χ0n) is 10.9. The second-order valence-corrected chi connectivity index (χ2v) is 5.47. The number of rotatable bonds is 4. The number of anilines is 1. The molecule has 1 aromatic rings. The highest BCUT2D eigenvalue weighted by atomic mass is 32.1. The summed E-state index contributed by atoms with van der Waals surface area (Å²) >= 11 is 1.38. The smallest absolute Gasteiger partial charge is 0.226 e. The number of hydrogen-bond donors (Lipinski definition) is 1. The maximum atomic E-state index is 11.8. The molecule has 1 aliphatic rings. The van der Waals surface area contributed by atoms with Crippen molar-refractivity contribution in [2.45, 2.75) is 19.4 Å². The van der Waals surface area contributed by atoms with Crippen molar-refractivity contribution in [1.82, 2.24) is 4.90 Å². The van der Waals surface area contributed by atoms with E-state index in [4.69, 9.17) is 10.00 Å². The van der Waals surface area contributed by atoms with E-state index in [1.807, 2.05) is 6.92 Å². The molecule has 1 saturated heterocycles. The van der Waals surface area contributed by atoms with Crippen LogP contribution in [0.2, 0.25) is 0 Å². The predicted octanol–water partition coefficient (Wildman–Crippen LogP) is 1.67. The molecule has 1 aromatic heterocycles. The Morgan fingerprint density at radius 1 is 1.74 bits per heavy atom. The van der Waals surface area contributed by atoms with Crippen molar-refractivity contribution in [3.05, 3.63) is 17.0 Å². The normalized spacial score (nSPS) is 19.9. The minimum atomic E-state index is -0.0434. The average Bonchev–Trinajstić information content (AvgIpc) is 2.84. The lowest BCUT2D eigenvalue weighted by molar-refractivity contribution is -0.117. The Labute approximate surface area is 116 Å². The predicted molar refractivity (Wildman–Crippen MR) is 74.1 cm³/mol. The van der Waals surface area contributed by atoms with Crippen LogP contribution in [-0.4, -0.2) is 43.2 Å². The second-order valence-electron chi connectivity index (χ2n) is 4.56. The molecule has 0 aromatic carbocycles. The van der Waals surface area contributed by atoms with E-state index in [1.165, 1.54) is 11.3 Å². The van der Waals surface area contributed by atoms with Crippen LogP contribution in [0.3, 0.4) is 0 Å². The number of ether oxygens (including phenoxy) is 1. The second kappa shape index (κ2) is 6.66. The Hall–Kier alpha value is -1.42. The van der Waals surface area contributed by atoms with Gasteiger partial charge < -0.3 is 10.1 Å². The number of hydrogen-bond acceptors (Lipinski definition) is 5. The molecule has 1 amide bonds. The Kier molecular flexibility index (Phi) is 4.91. The van der Waals surface area contributed by atoms with Crippen molar-refractivity contribution in [2.75, 3.05) is 31.6 Å². The Balaban J connectivity index is 1.77. The maximum Gasteiger partial charge on any atom is 0.226 e. The molecule has 19 heavy (non-hydrogen) atoms. The van der Waals surface area contributed by atoms with Gasteiger partial charge in [-0.2, -0.15) is 5.26 Å². The highest BCUT2D eigenvalue weighted by molar-refractivity contribution is 7.14. The molecule has 0 unspecified atom stereocenters. The lowest BCUT2D eigenvalue weighted by atomic mass is 10.2. The molecule has 102 valence electrons. The molecule has 6 heteroatoms. The third-order valence-corrected chi connectivity index (χ3v) is 3.85. The van der Waals surface area contributed by atoms with Gasteiger partial charge in [-0.05, 0) is 18.4 Å². The van der Waals surface area contributed by atoms with Gasteiger partial charge in [0.05, 0.1) is 18.3 Å². The molecule has 0 radical (unpaired) electrons. The van der Waals surface area contributed by atoms with Crippen LogP contribution < -0.4 is 5.32 Å². The lowest BCUT2D eigenvalue weighted by Gasteiger charge is -2.30. The van der Waals surface area contributed by atoms with Gasteiger partial charge in [0, 0.05) is 26.1 Å². The number of carbonyl (C=O) groups excluding carboxylic acids is 1. The monoisotopic (exact) mass is 279 g/mol. The molecule has 1 aliphatic heterocycles. The van der Waals surface area contributed by atoms with E-state index in [1.54, 1.807) is 11.4 Å². The van der Waals surface area contributed by atoms with Crippen LogP contribution in [-0.2, 0) is 9.53 Å². The standard InChI is InChI=1S/C13H17N3O2S/c1-10-9-16(5-6-18-10)4-2-12(17)15-13-11(8-14)3-7-19-13/h3,7,10H,2,4-6,9H2,1H3,(H,15,17)/t10-/m0/s1. The molecule has 1 atom stereocenters. The number of morpholine rings is 1. The lowest BCUT2D eigenvalue weighted by Crippen LogP contribution is -2.42. The molecular formula is C13H17N3O2S. The summed E-state index contributed by atoms with van der Waals surface area (Å²) in [5.74, 6) is -0.0434. The summed E-state index contributed by atoms with van der Waals surface area (Å²) in [6.45, 7) is 5.24. The number of amides is 1. The molecule has 0 spiro atoms. The van der Waals surface area contributed by atoms with Crippen LogP contribution in [0.15, 0.2) is 11.4 Å². The molecule has 1 N–H and O–H groups in total. The van der Waals surface area contributed by atoms with Gasteiger partial charge >= 0.3 is 0 Å². The maximum absolute atomic E-state index is 11.8. The number of nitrogens with zero attached hydrogens (tertiary/aromatic N) is 2. The fourth-order valence-electron chi connectivity index (χ4n) is 2.04. The van der Waals surface area contributed by atoms with Gasteiger partial charge in [-0.15, -0.1) is 11.3 Å². The first kappa shape index (κ1) is 14.0. The van der Waals surface area contributed by atoms with Gasteiger partial charge in [0.1, 0.15) is 11.1 Å².